The van der Waals surface area contributed by atoms with Gasteiger partial charge in [-0.2, -0.15) is 0 Å². The van der Waals surface area contributed by atoms with E-state index in [9.17, 15) is 9.59 Å². The summed E-state index contributed by atoms with van der Waals surface area (Å²) in [7, 11) is 0. The third-order valence-corrected chi connectivity index (χ3v) is 4.90. The van der Waals surface area contributed by atoms with Gasteiger partial charge in [0.15, 0.2) is 5.76 Å². The number of carbonyl (C=O) groups excluding carboxylic acids is 2. The standard InChI is InChI=1S/C26H23N3O3/c1-17(2)24(30)28-19-12-14-20(15-13-19)29-25(31)21-10-6-7-11-22(21)26-27-16-23(32-26)18-8-4-3-5-9-18/h3-17H,1-2H3,(H,28,30)(H,29,31). The van der Waals surface area contributed by atoms with E-state index in [4.69, 9.17) is 4.42 Å². The highest BCUT2D eigenvalue weighted by molar-refractivity contribution is 6.08. The number of hydrogen-bond donors (Lipinski definition) is 2. The number of oxazole rings is 1. The van der Waals surface area contributed by atoms with Crippen LogP contribution in [0.25, 0.3) is 22.8 Å². The summed E-state index contributed by atoms with van der Waals surface area (Å²) in [6.45, 7) is 3.66. The van der Waals surface area contributed by atoms with Crippen molar-refractivity contribution in [2.24, 2.45) is 5.92 Å². The number of benzene rings is 3. The van der Waals surface area contributed by atoms with Crippen LogP contribution >= 0.6 is 0 Å². The summed E-state index contributed by atoms with van der Waals surface area (Å²) in [6, 6.07) is 23.8. The van der Waals surface area contributed by atoms with Gasteiger partial charge in [0.05, 0.1) is 11.8 Å². The molecule has 0 aliphatic rings. The molecule has 0 aliphatic carbocycles. The maximum atomic E-state index is 13.0. The number of anilines is 2. The third kappa shape index (κ3) is 4.75. The fourth-order valence-corrected chi connectivity index (χ4v) is 3.12. The number of carbonyl (C=O) groups is 2. The molecule has 160 valence electrons. The molecule has 0 bridgehead atoms. The number of nitrogens with zero attached hydrogens (tertiary/aromatic N) is 1. The van der Waals surface area contributed by atoms with Crippen LogP contribution in [-0.4, -0.2) is 16.8 Å². The molecule has 4 rings (SSSR count). The van der Waals surface area contributed by atoms with Crippen LogP contribution in [-0.2, 0) is 4.79 Å². The van der Waals surface area contributed by atoms with Crippen LogP contribution < -0.4 is 10.6 Å². The lowest BCUT2D eigenvalue weighted by molar-refractivity contribution is -0.118. The second kappa shape index (κ2) is 9.31. The second-order valence-electron chi connectivity index (χ2n) is 7.62. The number of hydrogen-bond acceptors (Lipinski definition) is 4. The van der Waals surface area contributed by atoms with Gasteiger partial charge in [-0.15, -0.1) is 0 Å². The van der Waals surface area contributed by atoms with Crippen LogP contribution in [0.3, 0.4) is 0 Å². The summed E-state index contributed by atoms with van der Waals surface area (Å²) < 4.78 is 5.94. The van der Waals surface area contributed by atoms with Crippen molar-refractivity contribution in [3.05, 3.63) is 90.6 Å². The minimum absolute atomic E-state index is 0.0588. The summed E-state index contributed by atoms with van der Waals surface area (Å²) in [5, 5.41) is 5.72. The molecule has 0 radical (unpaired) electrons. The summed E-state index contributed by atoms with van der Waals surface area (Å²) >= 11 is 0. The summed E-state index contributed by atoms with van der Waals surface area (Å²) in [5.74, 6) is 0.565. The molecule has 0 spiro atoms. The van der Waals surface area contributed by atoms with Gasteiger partial charge in [0.1, 0.15) is 0 Å². The first kappa shape index (κ1) is 21.1. The highest BCUT2D eigenvalue weighted by Gasteiger charge is 2.17. The van der Waals surface area contributed by atoms with Crippen LogP contribution in [0.15, 0.2) is 89.5 Å². The monoisotopic (exact) mass is 425 g/mol. The van der Waals surface area contributed by atoms with Crippen LogP contribution in [0.4, 0.5) is 11.4 Å². The Bertz CT molecular complexity index is 1230. The molecule has 4 aromatic rings. The van der Waals surface area contributed by atoms with Crippen LogP contribution in [0, 0.1) is 5.92 Å². The van der Waals surface area contributed by atoms with Crippen molar-refractivity contribution in [3.63, 3.8) is 0 Å². The minimum atomic E-state index is -0.279. The first-order valence-electron chi connectivity index (χ1n) is 10.3. The largest absolute Gasteiger partial charge is 0.436 e. The Balaban J connectivity index is 1.52. The first-order chi connectivity index (χ1) is 15.5. The topological polar surface area (TPSA) is 84.2 Å². The fraction of sp³-hybridized carbons (Fsp3) is 0.115. The van der Waals surface area contributed by atoms with E-state index in [1.165, 1.54) is 0 Å². The van der Waals surface area contributed by atoms with E-state index in [0.29, 0.717) is 34.2 Å². The molecule has 1 aromatic heterocycles. The Kier molecular flexibility index (Phi) is 6.12. The Morgan fingerprint density at radius 2 is 1.44 bits per heavy atom. The molecule has 32 heavy (non-hydrogen) atoms. The zero-order valence-corrected chi connectivity index (χ0v) is 17.8. The Hall–Kier alpha value is -4.19. The summed E-state index contributed by atoms with van der Waals surface area (Å²) in [4.78, 5) is 29.2. The number of aromatic nitrogens is 1. The highest BCUT2D eigenvalue weighted by atomic mass is 16.4. The number of nitrogens with one attached hydrogen (secondary N) is 2. The Morgan fingerprint density at radius 1 is 0.812 bits per heavy atom. The van der Waals surface area contributed by atoms with Crippen molar-refractivity contribution >= 4 is 23.2 Å². The third-order valence-electron chi connectivity index (χ3n) is 4.90. The van der Waals surface area contributed by atoms with Crippen LogP contribution in [0.1, 0.15) is 24.2 Å². The van der Waals surface area contributed by atoms with Crippen molar-refractivity contribution in [2.45, 2.75) is 13.8 Å². The lowest BCUT2D eigenvalue weighted by Crippen LogP contribution is -2.17. The summed E-state index contributed by atoms with van der Waals surface area (Å²) in [5.41, 5.74) is 3.26. The molecule has 6 heteroatoms. The van der Waals surface area contributed by atoms with E-state index in [1.807, 2.05) is 50.2 Å². The molecule has 0 aliphatic heterocycles. The zero-order valence-electron chi connectivity index (χ0n) is 17.8. The number of rotatable bonds is 6. The second-order valence-corrected chi connectivity index (χ2v) is 7.62. The molecular formula is C26H23N3O3. The Morgan fingerprint density at radius 3 is 2.12 bits per heavy atom. The van der Waals surface area contributed by atoms with Gasteiger partial charge < -0.3 is 15.1 Å². The van der Waals surface area contributed by atoms with Crippen molar-refractivity contribution in [3.8, 4) is 22.8 Å². The van der Waals surface area contributed by atoms with E-state index < -0.39 is 0 Å². The maximum absolute atomic E-state index is 13.0. The van der Waals surface area contributed by atoms with Gasteiger partial charge in [-0.1, -0.05) is 56.3 Å². The SMILES string of the molecule is CC(C)C(=O)Nc1ccc(NC(=O)c2ccccc2-c2ncc(-c3ccccc3)o2)cc1. The number of amides is 2. The van der Waals surface area contributed by atoms with E-state index in [-0.39, 0.29) is 17.7 Å². The molecule has 3 aromatic carbocycles. The molecule has 0 saturated heterocycles. The van der Waals surface area contributed by atoms with Gasteiger partial charge in [-0.05, 0) is 36.4 Å². The van der Waals surface area contributed by atoms with Gasteiger partial charge in [-0.3, -0.25) is 9.59 Å². The van der Waals surface area contributed by atoms with Crippen molar-refractivity contribution in [2.75, 3.05) is 10.6 Å². The molecule has 1 heterocycles. The maximum Gasteiger partial charge on any atom is 0.256 e. The molecule has 0 unspecified atom stereocenters. The van der Waals surface area contributed by atoms with Gasteiger partial charge in [0.2, 0.25) is 11.8 Å². The molecular weight excluding hydrogens is 402 g/mol. The molecule has 0 atom stereocenters. The van der Waals surface area contributed by atoms with Crippen molar-refractivity contribution in [1.82, 2.24) is 4.98 Å². The van der Waals surface area contributed by atoms with E-state index in [0.717, 1.165) is 5.56 Å². The zero-order chi connectivity index (χ0) is 22.5. The van der Waals surface area contributed by atoms with Gasteiger partial charge in [0, 0.05) is 28.4 Å². The van der Waals surface area contributed by atoms with E-state index in [2.05, 4.69) is 15.6 Å². The average molecular weight is 425 g/mol. The smallest absolute Gasteiger partial charge is 0.256 e. The molecule has 2 N–H and O–H groups in total. The molecule has 0 saturated carbocycles. The Labute approximate surface area is 186 Å². The van der Waals surface area contributed by atoms with E-state index in [1.54, 1.807) is 48.7 Å². The van der Waals surface area contributed by atoms with Crippen LogP contribution in [0.5, 0.6) is 0 Å². The quantitative estimate of drug-likeness (QED) is 0.405. The fourth-order valence-electron chi connectivity index (χ4n) is 3.12. The molecule has 6 nitrogen and oxygen atoms in total. The lowest BCUT2D eigenvalue weighted by Gasteiger charge is -2.10. The van der Waals surface area contributed by atoms with Gasteiger partial charge in [-0.25, -0.2) is 4.98 Å². The molecule has 2 amide bonds. The van der Waals surface area contributed by atoms with Crippen molar-refractivity contribution < 1.29 is 14.0 Å². The highest BCUT2D eigenvalue weighted by Crippen LogP contribution is 2.28. The molecule has 0 fully saturated rings. The summed E-state index contributed by atoms with van der Waals surface area (Å²) in [6.07, 6.45) is 1.66. The van der Waals surface area contributed by atoms with E-state index >= 15 is 0 Å². The van der Waals surface area contributed by atoms with Gasteiger partial charge >= 0.3 is 0 Å². The van der Waals surface area contributed by atoms with Crippen LogP contribution in [0.2, 0.25) is 0 Å². The minimum Gasteiger partial charge on any atom is -0.436 e. The van der Waals surface area contributed by atoms with Crippen molar-refractivity contribution in [1.29, 1.82) is 0 Å². The predicted molar refractivity (Wildman–Crippen MR) is 125 cm³/mol. The normalized spacial score (nSPS) is 10.7. The first-order valence-corrected chi connectivity index (χ1v) is 10.3. The van der Waals surface area contributed by atoms with Gasteiger partial charge in [0.25, 0.3) is 5.91 Å². The predicted octanol–water partition coefficient (Wildman–Crippen LogP) is 5.86. The average Bonchev–Trinajstić information content (AvgIpc) is 3.31. The lowest BCUT2D eigenvalue weighted by atomic mass is 10.1.